The fraction of sp³-hybridized carbons (Fsp3) is 0.167. The van der Waals surface area contributed by atoms with E-state index >= 15 is 0 Å². The van der Waals surface area contributed by atoms with Gasteiger partial charge in [-0.25, -0.2) is 0 Å². The molecule has 6 heteroatoms. The van der Waals surface area contributed by atoms with Crippen molar-refractivity contribution < 1.29 is 0 Å². The Hall–Kier alpha value is -2.66. The summed E-state index contributed by atoms with van der Waals surface area (Å²) in [5.41, 5.74) is 3.94. The number of H-pyrrole nitrogens is 1. The SMILES string of the molecule is Cc1cccc(C)c1Nc1nnc(Cc2ccccc2Cl)c(=O)[nH]1. The first kappa shape index (κ1) is 16.2. The fourth-order valence-corrected chi connectivity index (χ4v) is 2.69. The van der Waals surface area contributed by atoms with Gasteiger partial charge in [-0.15, -0.1) is 10.2 Å². The van der Waals surface area contributed by atoms with Crippen molar-refractivity contribution in [1.29, 1.82) is 0 Å². The summed E-state index contributed by atoms with van der Waals surface area (Å²) in [6, 6.07) is 13.3. The van der Waals surface area contributed by atoms with E-state index in [9.17, 15) is 4.79 Å². The minimum atomic E-state index is -0.279. The highest BCUT2D eigenvalue weighted by molar-refractivity contribution is 6.31. The van der Waals surface area contributed by atoms with E-state index in [0.717, 1.165) is 22.4 Å². The van der Waals surface area contributed by atoms with Crippen molar-refractivity contribution in [2.24, 2.45) is 0 Å². The number of para-hydroxylation sites is 1. The zero-order valence-corrected chi connectivity index (χ0v) is 14.2. The van der Waals surface area contributed by atoms with Gasteiger partial charge in [0, 0.05) is 17.1 Å². The summed E-state index contributed by atoms with van der Waals surface area (Å²) < 4.78 is 0. The molecule has 0 amide bonds. The Labute approximate surface area is 144 Å². The Morgan fingerprint density at radius 1 is 1.04 bits per heavy atom. The lowest BCUT2D eigenvalue weighted by Crippen LogP contribution is -2.19. The van der Waals surface area contributed by atoms with Crippen molar-refractivity contribution in [3.63, 3.8) is 0 Å². The Balaban J connectivity index is 1.85. The van der Waals surface area contributed by atoms with Gasteiger partial charge in [0.15, 0.2) is 0 Å². The summed E-state index contributed by atoms with van der Waals surface area (Å²) in [5, 5.41) is 11.9. The van der Waals surface area contributed by atoms with E-state index in [1.807, 2.05) is 50.2 Å². The highest BCUT2D eigenvalue weighted by Crippen LogP contribution is 2.22. The molecule has 3 rings (SSSR count). The van der Waals surface area contributed by atoms with E-state index in [1.54, 1.807) is 6.07 Å². The van der Waals surface area contributed by atoms with Crippen LogP contribution in [0.4, 0.5) is 11.6 Å². The van der Waals surface area contributed by atoms with Crippen molar-refractivity contribution in [3.8, 4) is 0 Å². The van der Waals surface area contributed by atoms with Crippen LogP contribution in [0.15, 0.2) is 47.3 Å². The van der Waals surface area contributed by atoms with Crippen molar-refractivity contribution in [3.05, 3.63) is 80.2 Å². The van der Waals surface area contributed by atoms with Gasteiger partial charge in [0.25, 0.3) is 5.56 Å². The van der Waals surface area contributed by atoms with Gasteiger partial charge in [0.2, 0.25) is 5.95 Å². The summed E-state index contributed by atoms with van der Waals surface area (Å²) in [6.45, 7) is 3.99. The molecule has 0 aliphatic carbocycles. The number of halogens is 1. The minimum Gasteiger partial charge on any atom is -0.324 e. The normalized spacial score (nSPS) is 10.6. The number of aromatic nitrogens is 3. The van der Waals surface area contributed by atoms with Gasteiger partial charge >= 0.3 is 0 Å². The van der Waals surface area contributed by atoms with Crippen LogP contribution in [0.5, 0.6) is 0 Å². The average Bonchev–Trinajstić information content (AvgIpc) is 2.55. The molecule has 1 heterocycles. The molecule has 0 fully saturated rings. The number of anilines is 2. The second-order valence-corrected chi connectivity index (χ2v) is 6.02. The minimum absolute atomic E-state index is 0.279. The van der Waals surface area contributed by atoms with Crippen LogP contribution < -0.4 is 10.9 Å². The smallest absolute Gasteiger partial charge is 0.274 e. The number of benzene rings is 2. The first-order chi connectivity index (χ1) is 11.5. The second-order valence-electron chi connectivity index (χ2n) is 5.61. The molecule has 5 nitrogen and oxygen atoms in total. The molecule has 0 atom stereocenters. The van der Waals surface area contributed by atoms with Gasteiger partial charge in [-0.2, -0.15) is 0 Å². The average molecular weight is 341 g/mol. The largest absolute Gasteiger partial charge is 0.324 e. The van der Waals surface area contributed by atoms with Gasteiger partial charge in [-0.1, -0.05) is 48.0 Å². The Morgan fingerprint density at radius 2 is 1.75 bits per heavy atom. The number of aryl methyl sites for hydroxylation is 2. The van der Waals surface area contributed by atoms with Gasteiger partial charge < -0.3 is 5.32 Å². The topological polar surface area (TPSA) is 70.7 Å². The molecule has 0 spiro atoms. The van der Waals surface area contributed by atoms with Gasteiger partial charge in [0.05, 0.1) is 0 Å². The lowest BCUT2D eigenvalue weighted by Gasteiger charge is -2.11. The molecule has 0 bridgehead atoms. The van der Waals surface area contributed by atoms with E-state index in [1.165, 1.54) is 0 Å². The standard InChI is InChI=1S/C18H17ClN4O/c1-11-6-5-7-12(2)16(11)20-18-21-17(24)15(22-23-18)10-13-8-3-4-9-14(13)19/h3-9H,10H2,1-2H3,(H2,20,21,23,24). The van der Waals surface area contributed by atoms with Crippen LogP contribution in [0.25, 0.3) is 0 Å². The van der Waals surface area contributed by atoms with Crippen LogP contribution in [0, 0.1) is 13.8 Å². The molecule has 3 aromatic rings. The molecule has 24 heavy (non-hydrogen) atoms. The van der Waals surface area contributed by atoms with Gasteiger partial charge in [-0.05, 0) is 36.6 Å². The summed E-state index contributed by atoms with van der Waals surface area (Å²) in [6.07, 6.45) is 0.339. The third-order valence-corrected chi connectivity index (χ3v) is 4.17. The predicted molar refractivity (Wildman–Crippen MR) is 96.1 cm³/mol. The van der Waals surface area contributed by atoms with Crippen LogP contribution in [0.3, 0.4) is 0 Å². The first-order valence-corrected chi connectivity index (χ1v) is 7.95. The molecule has 0 radical (unpaired) electrons. The van der Waals surface area contributed by atoms with E-state index < -0.39 is 0 Å². The van der Waals surface area contributed by atoms with Crippen molar-refractivity contribution >= 4 is 23.2 Å². The number of nitrogens with one attached hydrogen (secondary N) is 2. The maximum atomic E-state index is 12.3. The summed E-state index contributed by atoms with van der Waals surface area (Å²) >= 11 is 6.13. The van der Waals surface area contributed by atoms with E-state index in [2.05, 4.69) is 20.5 Å². The van der Waals surface area contributed by atoms with Crippen LogP contribution in [0.1, 0.15) is 22.4 Å². The molecule has 0 aliphatic rings. The Bertz CT molecular complexity index is 916. The van der Waals surface area contributed by atoms with E-state index in [4.69, 9.17) is 11.6 Å². The highest BCUT2D eigenvalue weighted by atomic mass is 35.5. The predicted octanol–water partition coefficient (Wildman–Crippen LogP) is 3.77. The quantitative estimate of drug-likeness (QED) is 0.758. The summed E-state index contributed by atoms with van der Waals surface area (Å²) in [5.74, 6) is 0.320. The Morgan fingerprint density at radius 3 is 2.42 bits per heavy atom. The monoisotopic (exact) mass is 340 g/mol. The lowest BCUT2D eigenvalue weighted by atomic mass is 10.1. The Kier molecular flexibility index (Phi) is 4.62. The first-order valence-electron chi connectivity index (χ1n) is 7.57. The zero-order valence-electron chi connectivity index (χ0n) is 13.4. The highest BCUT2D eigenvalue weighted by Gasteiger charge is 2.10. The molecular formula is C18H17ClN4O. The molecule has 2 aromatic carbocycles. The summed E-state index contributed by atoms with van der Waals surface area (Å²) in [7, 11) is 0. The molecule has 0 saturated heterocycles. The number of nitrogens with zero attached hydrogens (tertiary/aromatic N) is 2. The van der Waals surface area contributed by atoms with Crippen molar-refractivity contribution in [1.82, 2.24) is 15.2 Å². The maximum absolute atomic E-state index is 12.3. The molecular weight excluding hydrogens is 324 g/mol. The molecule has 0 saturated carbocycles. The molecule has 0 aliphatic heterocycles. The van der Waals surface area contributed by atoms with Crippen LogP contribution in [0.2, 0.25) is 5.02 Å². The van der Waals surface area contributed by atoms with Crippen molar-refractivity contribution in [2.45, 2.75) is 20.3 Å². The lowest BCUT2D eigenvalue weighted by molar-refractivity contribution is 0.873. The molecule has 0 unspecified atom stereocenters. The second kappa shape index (κ2) is 6.84. The zero-order chi connectivity index (χ0) is 17.1. The third-order valence-electron chi connectivity index (χ3n) is 3.81. The number of hydrogen-bond acceptors (Lipinski definition) is 4. The molecule has 1 aromatic heterocycles. The maximum Gasteiger partial charge on any atom is 0.274 e. The van der Waals surface area contributed by atoms with Crippen LogP contribution in [-0.2, 0) is 6.42 Å². The fourth-order valence-electron chi connectivity index (χ4n) is 2.48. The van der Waals surface area contributed by atoms with Crippen LogP contribution in [-0.4, -0.2) is 15.2 Å². The van der Waals surface area contributed by atoms with Crippen molar-refractivity contribution in [2.75, 3.05) is 5.32 Å². The third kappa shape index (κ3) is 3.46. The molecule has 122 valence electrons. The molecule has 2 N–H and O–H groups in total. The van der Waals surface area contributed by atoms with Gasteiger partial charge in [-0.3, -0.25) is 9.78 Å². The van der Waals surface area contributed by atoms with Crippen LogP contribution >= 0.6 is 11.6 Å². The number of hydrogen-bond donors (Lipinski definition) is 2. The van der Waals surface area contributed by atoms with E-state index in [0.29, 0.717) is 23.1 Å². The van der Waals surface area contributed by atoms with E-state index in [-0.39, 0.29) is 5.56 Å². The number of aromatic amines is 1. The summed E-state index contributed by atoms with van der Waals surface area (Å²) in [4.78, 5) is 15.0. The van der Waals surface area contributed by atoms with Gasteiger partial charge in [0.1, 0.15) is 5.69 Å². The number of rotatable bonds is 4.